The molecule has 0 N–H and O–H groups in total. The van der Waals surface area contributed by atoms with Crippen molar-refractivity contribution in [3.05, 3.63) is 65.1 Å². The molecule has 0 amide bonds. The first-order valence-electron chi connectivity index (χ1n) is 7.70. The van der Waals surface area contributed by atoms with Crippen LogP contribution < -0.4 is 9.47 Å². The number of cyclic esters (lactones) is 1. The Morgan fingerprint density at radius 2 is 1.96 bits per heavy atom. The lowest BCUT2D eigenvalue weighted by atomic mass is 10.1. The van der Waals surface area contributed by atoms with Gasteiger partial charge in [0.05, 0.1) is 13.7 Å². The maximum absolute atomic E-state index is 13.0. The summed E-state index contributed by atoms with van der Waals surface area (Å²) < 4.78 is 29.1. The molecule has 1 aliphatic heterocycles. The number of ether oxygens (including phenoxy) is 3. The topological polar surface area (TPSA) is 57.1 Å². The van der Waals surface area contributed by atoms with Gasteiger partial charge in [-0.2, -0.15) is 0 Å². The zero-order valence-electron chi connectivity index (χ0n) is 13.8. The van der Waals surface area contributed by atoms with E-state index in [1.54, 1.807) is 31.4 Å². The predicted molar refractivity (Wildman–Crippen MR) is 91.2 cm³/mol. The van der Waals surface area contributed by atoms with Crippen LogP contribution in [0.2, 0.25) is 0 Å². The monoisotopic (exact) mass is 341 g/mol. The number of benzene rings is 2. The minimum Gasteiger partial charge on any atom is -0.493 e. The van der Waals surface area contributed by atoms with Gasteiger partial charge >= 0.3 is 5.97 Å². The van der Waals surface area contributed by atoms with E-state index in [9.17, 15) is 9.18 Å². The molecular weight excluding hydrogens is 325 g/mol. The Labute approximate surface area is 144 Å². The molecular formula is C19H16FNO4. The smallest absolute Gasteiger partial charge is 0.363 e. The molecule has 0 atom stereocenters. The third-order valence-electron chi connectivity index (χ3n) is 3.52. The number of nitrogens with zero attached hydrogens (tertiary/aromatic N) is 1. The quantitative estimate of drug-likeness (QED) is 0.616. The Balaban J connectivity index is 1.98. The van der Waals surface area contributed by atoms with Crippen LogP contribution in [0.1, 0.15) is 18.1 Å². The maximum atomic E-state index is 13.0. The number of carbonyl (C=O) groups excluding carboxylic acids is 1. The average molecular weight is 341 g/mol. The summed E-state index contributed by atoms with van der Waals surface area (Å²) in [4.78, 5) is 16.3. The van der Waals surface area contributed by atoms with E-state index in [0.717, 1.165) is 0 Å². The molecule has 5 nitrogen and oxygen atoms in total. The highest BCUT2D eigenvalue weighted by atomic mass is 19.1. The molecule has 2 aromatic rings. The molecule has 0 unspecified atom stereocenters. The Morgan fingerprint density at radius 1 is 1.20 bits per heavy atom. The molecule has 0 bridgehead atoms. The van der Waals surface area contributed by atoms with Gasteiger partial charge in [0.1, 0.15) is 5.82 Å². The normalized spacial score (nSPS) is 15.1. The summed E-state index contributed by atoms with van der Waals surface area (Å²) in [5, 5.41) is 0. The zero-order valence-corrected chi connectivity index (χ0v) is 13.8. The number of para-hydroxylation sites is 1. The van der Waals surface area contributed by atoms with Crippen molar-refractivity contribution in [1.82, 2.24) is 0 Å². The van der Waals surface area contributed by atoms with Gasteiger partial charge in [-0.15, -0.1) is 0 Å². The highest BCUT2D eigenvalue weighted by Crippen LogP contribution is 2.33. The van der Waals surface area contributed by atoms with Gasteiger partial charge in [0.2, 0.25) is 5.90 Å². The second-order valence-electron chi connectivity index (χ2n) is 5.15. The van der Waals surface area contributed by atoms with Crippen LogP contribution in [-0.4, -0.2) is 25.6 Å². The summed E-state index contributed by atoms with van der Waals surface area (Å²) in [6, 6.07) is 10.9. The van der Waals surface area contributed by atoms with Crippen molar-refractivity contribution in [2.75, 3.05) is 13.7 Å². The summed E-state index contributed by atoms with van der Waals surface area (Å²) in [5.74, 6) is 0.271. The fourth-order valence-electron chi connectivity index (χ4n) is 2.38. The van der Waals surface area contributed by atoms with E-state index in [2.05, 4.69) is 4.99 Å². The van der Waals surface area contributed by atoms with E-state index in [4.69, 9.17) is 14.2 Å². The molecule has 1 heterocycles. The third kappa shape index (κ3) is 3.52. The van der Waals surface area contributed by atoms with Crippen LogP contribution in [0, 0.1) is 5.82 Å². The Morgan fingerprint density at radius 3 is 2.64 bits per heavy atom. The molecule has 0 radical (unpaired) electrons. The number of hydrogen-bond donors (Lipinski definition) is 0. The van der Waals surface area contributed by atoms with E-state index in [1.807, 2.05) is 6.92 Å². The summed E-state index contributed by atoms with van der Waals surface area (Å²) in [6.07, 6.45) is 1.58. The predicted octanol–water partition coefficient (Wildman–Crippen LogP) is 3.58. The van der Waals surface area contributed by atoms with Crippen molar-refractivity contribution < 1.29 is 23.4 Å². The zero-order chi connectivity index (χ0) is 17.8. The molecule has 0 spiro atoms. The fourth-order valence-corrected chi connectivity index (χ4v) is 2.38. The molecule has 0 aliphatic carbocycles. The minimum atomic E-state index is -0.579. The highest BCUT2D eigenvalue weighted by Gasteiger charge is 2.25. The van der Waals surface area contributed by atoms with Crippen molar-refractivity contribution in [2.24, 2.45) is 4.99 Å². The third-order valence-corrected chi connectivity index (χ3v) is 3.52. The summed E-state index contributed by atoms with van der Waals surface area (Å²) in [5.41, 5.74) is 1.31. The Kier molecular flexibility index (Phi) is 4.79. The van der Waals surface area contributed by atoms with Crippen molar-refractivity contribution in [3.63, 3.8) is 0 Å². The van der Waals surface area contributed by atoms with Crippen molar-refractivity contribution in [2.45, 2.75) is 6.92 Å². The van der Waals surface area contributed by atoms with Crippen LogP contribution in [0.3, 0.4) is 0 Å². The van der Waals surface area contributed by atoms with Crippen molar-refractivity contribution in [1.29, 1.82) is 0 Å². The van der Waals surface area contributed by atoms with Crippen LogP contribution >= 0.6 is 0 Å². The van der Waals surface area contributed by atoms with Gasteiger partial charge in [0, 0.05) is 11.1 Å². The number of carbonyl (C=O) groups is 1. The molecule has 0 saturated heterocycles. The average Bonchev–Trinajstić information content (AvgIpc) is 2.98. The molecule has 25 heavy (non-hydrogen) atoms. The lowest BCUT2D eigenvalue weighted by Crippen LogP contribution is -2.05. The minimum absolute atomic E-state index is 0.133. The van der Waals surface area contributed by atoms with Gasteiger partial charge in [-0.3, -0.25) is 0 Å². The molecule has 0 fully saturated rings. The lowest BCUT2D eigenvalue weighted by molar-refractivity contribution is -0.129. The Hall–Kier alpha value is -3.15. The van der Waals surface area contributed by atoms with Crippen molar-refractivity contribution in [3.8, 4) is 11.5 Å². The summed E-state index contributed by atoms with van der Waals surface area (Å²) in [7, 11) is 1.55. The standard InChI is InChI=1S/C19H16FNO4/c1-3-24-17-13(5-4-6-16(17)23-2)11-15-19(22)25-18(21-15)12-7-9-14(20)10-8-12/h4-11H,3H2,1-2H3. The van der Waals surface area contributed by atoms with E-state index in [-0.39, 0.29) is 17.4 Å². The number of esters is 1. The number of halogens is 1. The second kappa shape index (κ2) is 7.17. The molecule has 6 heteroatoms. The van der Waals surface area contributed by atoms with Gasteiger partial charge in [-0.1, -0.05) is 12.1 Å². The first-order chi connectivity index (χ1) is 12.1. The van der Waals surface area contributed by atoms with Gasteiger partial charge < -0.3 is 14.2 Å². The molecule has 2 aromatic carbocycles. The second-order valence-corrected chi connectivity index (χ2v) is 5.15. The van der Waals surface area contributed by atoms with Crippen LogP contribution in [0.5, 0.6) is 11.5 Å². The summed E-state index contributed by atoms with van der Waals surface area (Å²) in [6.45, 7) is 2.31. The molecule has 0 aromatic heterocycles. The highest BCUT2D eigenvalue weighted by molar-refractivity contribution is 6.12. The molecule has 0 saturated carbocycles. The number of methoxy groups -OCH3 is 1. The first-order valence-corrected chi connectivity index (χ1v) is 7.70. The van der Waals surface area contributed by atoms with Gasteiger partial charge in [0.15, 0.2) is 17.2 Å². The molecule has 128 valence electrons. The van der Waals surface area contributed by atoms with E-state index >= 15 is 0 Å². The molecule has 1 aliphatic rings. The largest absolute Gasteiger partial charge is 0.493 e. The van der Waals surface area contributed by atoms with Crippen LogP contribution in [0.25, 0.3) is 6.08 Å². The number of aliphatic imine (C=N–C) groups is 1. The van der Waals surface area contributed by atoms with E-state index in [1.165, 1.54) is 24.3 Å². The first kappa shape index (κ1) is 16.7. The summed E-state index contributed by atoms with van der Waals surface area (Å²) >= 11 is 0. The van der Waals surface area contributed by atoms with Crippen LogP contribution in [0.4, 0.5) is 4.39 Å². The van der Waals surface area contributed by atoms with Crippen molar-refractivity contribution >= 4 is 17.9 Å². The fraction of sp³-hybridized carbons (Fsp3) is 0.158. The van der Waals surface area contributed by atoms with Crippen LogP contribution in [0.15, 0.2) is 53.2 Å². The van der Waals surface area contributed by atoms with E-state index in [0.29, 0.717) is 29.2 Å². The SMILES string of the molecule is CCOc1c(C=C2N=C(c3ccc(F)cc3)OC2=O)cccc1OC. The van der Waals surface area contributed by atoms with Gasteiger partial charge in [0.25, 0.3) is 0 Å². The van der Waals surface area contributed by atoms with Gasteiger partial charge in [-0.05, 0) is 43.3 Å². The number of rotatable bonds is 5. The van der Waals surface area contributed by atoms with E-state index < -0.39 is 5.97 Å². The van der Waals surface area contributed by atoms with Gasteiger partial charge in [-0.25, -0.2) is 14.2 Å². The maximum Gasteiger partial charge on any atom is 0.363 e. The number of hydrogen-bond acceptors (Lipinski definition) is 5. The lowest BCUT2D eigenvalue weighted by Gasteiger charge is -2.11. The Bertz CT molecular complexity index is 856. The van der Waals surface area contributed by atoms with Crippen LogP contribution in [-0.2, 0) is 9.53 Å². The molecule has 3 rings (SSSR count).